The maximum Gasteiger partial charge on any atom is 0.417 e. The number of halogens is 4. The quantitative estimate of drug-likeness (QED) is 0.538. The minimum absolute atomic E-state index is 0.453. The summed E-state index contributed by atoms with van der Waals surface area (Å²) in [5, 5.41) is 0.544. The standard InChI is InChI=1S/C14H11BrF3NOS/c15-11-2-4-12(5-3-11)20-7-8-21-13-6-1-10(9-19-13)14(16,17)18/h1-6,9H,7-8H2. The van der Waals surface area contributed by atoms with Gasteiger partial charge in [0, 0.05) is 16.4 Å². The van der Waals surface area contributed by atoms with Gasteiger partial charge in [0.05, 0.1) is 17.2 Å². The largest absolute Gasteiger partial charge is 0.493 e. The van der Waals surface area contributed by atoms with E-state index in [1.807, 2.05) is 24.3 Å². The van der Waals surface area contributed by atoms with E-state index in [9.17, 15) is 13.2 Å². The van der Waals surface area contributed by atoms with Gasteiger partial charge < -0.3 is 4.74 Å². The number of rotatable bonds is 5. The van der Waals surface area contributed by atoms with Crippen molar-refractivity contribution in [3.05, 3.63) is 52.6 Å². The molecule has 1 aromatic carbocycles. The van der Waals surface area contributed by atoms with E-state index in [-0.39, 0.29) is 0 Å². The Hall–Kier alpha value is -1.21. The molecule has 0 aliphatic carbocycles. The lowest BCUT2D eigenvalue weighted by Crippen LogP contribution is -2.05. The van der Waals surface area contributed by atoms with Gasteiger partial charge in [-0.1, -0.05) is 15.9 Å². The Balaban J connectivity index is 1.77. The smallest absolute Gasteiger partial charge is 0.417 e. The number of aromatic nitrogens is 1. The maximum absolute atomic E-state index is 12.4. The van der Waals surface area contributed by atoms with E-state index in [4.69, 9.17) is 4.74 Å². The van der Waals surface area contributed by atoms with E-state index >= 15 is 0 Å². The molecule has 112 valence electrons. The molecule has 0 fully saturated rings. The number of alkyl halides is 3. The lowest BCUT2D eigenvalue weighted by molar-refractivity contribution is -0.137. The molecule has 2 nitrogen and oxygen atoms in total. The number of thioether (sulfide) groups is 1. The van der Waals surface area contributed by atoms with E-state index < -0.39 is 11.7 Å². The fourth-order valence-electron chi connectivity index (χ4n) is 1.47. The first-order valence-corrected chi connectivity index (χ1v) is 7.77. The van der Waals surface area contributed by atoms with Crippen LogP contribution in [0.5, 0.6) is 5.75 Å². The number of nitrogens with zero attached hydrogens (tertiary/aromatic N) is 1. The molecule has 0 atom stereocenters. The van der Waals surface area contributed by atoms with Crippen molar-refractivity contribution in [2.45, 2.75) is 11.2 Å². The van der Waals surface area contributed by atoms with Crippen LogP contribution in [0.25, 0.3) is 0 Å². The molecule has 0 amide bonds. The fourth-order valence-corrected chi connectivity index (χ4v) is 2.40. The van der Waals surface area contributed by atoms with Gasteiger partial charge in [-0.05, 0) is 36.4 Å². The lowest BCUT2D eigenvalue weighted by atomic mass is 10.3. The average molecular weight is 378 g/mol. The van der Waals surface area contributed by atoms with Crippen molar-refractivity contribution in [1.29, 1.82) is 0 Å². The third-order valence-corrected chi connectivity index (χ3v) is 3.92. The Morgan fingerprint density at radius 2 is 1.81 bits per heavy atom. The van der Waals surface area contributed by atoms with Crippen molar-refractivity contribution in [3.8, 4) is 5.75 Å². The highest BCUT2D eigenvalue weighted by molar-refractivity contribution is 9.10. The summed E-state index contributed by atoms with van der Waals surface area (Å²) in [6.07, 6.45) is -3.50. The average Bonchev–Trinajstić information content (AvgIpc) is 2.45. The Bertz CT molecular complexity index is 572. The predicted octanol–water partition coefficient (Wildman–Crippen LogP) is 5.03. The topological polar surface area (TPSA) is 22.1 Å². The molecule has 21 heavy (non-hydrogen) atoms. The van der Waals surface area contributed by atoms with Gasteiger partial charge in [0.15, 0.2) is 0 Å². The van der Waals surface area contributed by atoms with Gasteiger partial charge in [0.25, 0.3) is 0 Å². The number of hydrogen-bond acceptors (Lipinski definition) is 3. The van der Waals surface area contributed by atoms with Crippen LogP contribution >= 0.6 is 27.7 Å². The molecule has 0 spiro atoms. The Morgan fingerprint density at radius 1 is 1.10 bits per heavy atom. The summed E-state index contributed by atoms with van der Waals surface area (Å²) in [6.45, 7) is 0.453. The molecular formula is C14H11BrF3NOS. The lowest BCUT2D eigenvalue weighted by Gasteiger charge is -2.07. The molecule has 0 radical (unpaired) electrons. The second-order valence-electron chi connectivity index (χ2n) is 4.03. The van der Waals surface area contributed by atoms with Gasteiger partial charge in [-0.3, -0.25) is 0 Å². The van der Waals surface area contributed by atoms with Crippen molar-refractivity contribution >= 4 is 27.7 Å². The Kier molecular flexibility index (Phi) is 5.52. The summed E-state index contributed by atoms with van der Waals surface area (Å²) < 4.78 is 43.6. The summed E-state index contributed by atoms with van der Waals surface area (Å²) in [5.41, 5.74) is -0.738. The third-order valence-electron chi connectivity index (χ3n) is 2.48. The predicted molar refractivity (Wildman–Crippen MR) is 79.6 cm³/mol. The van der Waals surface area contributed by atoms with Gasteiger partial charge in [-0.2, -0.15) is 13.2 Å². The van der Waals surface area contributed by atoms with E-state index in [2.05, 4.69) is 20.9 Å². The zero-order valence-corrected chi connectivity index (χ0v) is 13.1. The molecular weight excluding hydrogens is 367 g/mol. The van der Waals surface area contributed by atoms with E-state index in [1.165, 1.54) is 17.8 Å². The molecule has 0 saturated carbocycles. The van der Waals surface area contributed by atoms with Crippen LogP contribution in [-0.4, -0.2) is 17.3 Å². The molecule has 0 aliphatic rings. The minimum Gasteiger partial charge on any atom is -0.493 e. The van der Waals surface area contributed by atoms with Crippen LogP contribution in [0, 0.1) is 0 Å². The summed E-state index contributed by atoms with van der Waals surface area (Å²) in [7, 11) is 0. The van der Waals surface area contributed by atoms with E-state index in [0.717, 1.165) is 22.5 Å². The highest BCUT2D eigenvalue weighted by atomic mass is 79.9. The summed E-state index contributed by atoms with van der Waals surface area (Å²) in [6, 6.07) is 9.83. The first-order chi connectivity index (χ1) is 9.95. The second kappa shape index (κ2) is 7.17. The summed E-state index contributed by atoms with van der Waals surface area (Å²) in [4.78, 5) is 3.78. The van der Waals surface area contributed by atoms with Gasteiger partial charge in [0.1, 0.15) is 5.75 Å². The zero-order valence-electron chi connectivity index (χ0n) is 10.7. The van der Waals surface area contributed by atoms with Gasteiger partial charge in [-0.25, -0.2) is 4.98 Å². The zero-order chi connectivity index (χ0) is 15.3. The third kappa shape index (κ3) is 5.24. The molecule has 1 heterocycles. The molecule has 0 N–H and O–H groups in total. The Morgan fingerprint density at radius 3 is 2.38 bits per heavy atom. The Labute approximate surface area is 132 Å². The highest BCUT2D eigenvalue weighted by Gasteiger charge is 2.30. The summed E-state index contributed by atoms with van der Waals surface area (Å²) >= 11 is 4.68. The number of benzene rings is 1. The van der Waals surface area contributed by atoms with Gasteiger partial charge in [0.2, 0.25) is 0 Å². The molecule has 2 aromatic rings. The fraction of sp³-hybridized carbons (Fsp3) is 0.214. The number of pyridine rings is 1. The van der Waals surface area contributed by atoms with Crippen molar-refractivity contribution in [1.82, 2.24) is 4.98 Å². The molecule has 0 unspecified atom stereocenters. The number of hydrogen-bond donors (Lipinski definition) is 0. The van der Waals surface area contributed by atoms with Crippen LogP contribution in [0.1, 0.15) is 5.56 Å². The summed E-state index contributed by atoms with van der Waals surface area (Å²) in [5.74, 6) is 1.35. The van der Waals surface area contributed by atoms with Gasteiger partial charge in [-0.15, -0.1) is 11.8 Å². The van der Waals surface area contributed by atoms with Crippen molar-refractivity contribution in [3.63, 3.8) is 0 Å². The highest BCUT2D eigenvalue weighted by Crippen LogP contribution is 2.29. The van der Waals surface area contributed by atoms with E-state index in [0.29, 0.717) is 17.4 Å². The van der Waals surface area contributed by atoms with Crippen molar-refractivity contribution in [2.24, 2.45) is 0 Å². The minimum atomic E-state index is -4.35. The second-order valence-corrected chi connectivity index (χ2v) is 6.06. The SMILES string of the molecule is FC(F)(F)c1ccc(SCCOc2ccc(Br)cc2)nc1. The molecule has 7 heteroatoms. The molecule has 0 saturated heterocycles. The van der Waals surface area contributed by atoms with Crippen LogP contribution in [0.2, 0.25) is 0 Å². The first-order valence-electron chi connectivity index (χ1n) is 5.99. The molecule has 1 aromatic heterocycles. The molecule has 0 aliphatic heterocycles. The molecule has 0 bridgehead atoms. The first kappa shape index (κ1) is 16.2. The number of ether oxygens (including phenoxy) is 1. The van der Waals surface area contributed by atoms with Crippen molar-refractivity contribution < 1.29 is 17.9 Å². The van der Waals surface area contributed by atoms with Crippen LogP contribution in [0.15, 0.2) is 52.1 Å². The van der Waals surface area contributed by atoms with Crippen LogP contribution < -0.4 is 4.74 Å². The normalized spacial score (nSPS) is 11.4. The monoisotopic (exact) mass is 377 g/mol. The van der Waals surface area contributed by atoms with Crippen LogP contribution in [0.3, 0.4) is 0 Å². The van der Waals surface area contributed by atoms with Crippen LogP contribution in [-0.2, 0) is 6.18 Å². The molecule has 2 rings (SSSR count). The van der Waals surface area contributed by atoms with E-state index in [1.54, 1.807) is 0 Å². The van der Waals surface area contributed by atoms with Crippen LogP contribution in [0.4, 0.5) is 13.2 Å². The maximum atomic E-state index is 12.4. The van der Waals surface area contributed by atoms with Gasteiger partial charge >= 0.3 is 6.18 Å². The van der Waals surface area contributed by atoms with Crippen molar-refractivity contribution in [2.75, 3.05) is 12.4 Å².